The molecule has 2 aliphatic rings. The summed E-state index contributed by atoms with van der Waals surface area (Å²) in [4.78, 5) is 18.3. The molecular weight excluding hydrogens is 663 g/mol. The molecule has 0 saturated heterocycles. The number of hydrogen-bond donors (Lipinski definition) is 4. The van der Waals surface area contributed by atoms with E-state index in [1.165, 1.54) is 16.7 Å². The summed E-state index contributed by atoms with van der Waals surface area (Å²) in [6, 6.07) is 54.1. The van der Waals surface area contributed by atoms with Crippen LogP contribution in [0.4, 0.5) is 0 Å². The van der Waals surface area contributed by atoms with Crippen LogP contribution >= 0.6 is 0 Å². The van der Waals surface area contributed by atoms with Gasteiger partial charge in [0.15, 0.2) is 10.9 Å². The Morgan fingerprint density at radius 3 is 1.60 bits per heavy atom. The lowest BCUT2D eigenvalue weighted by atomic mass is 9.87. The first-order valence-electron chi connectivity index (χ1n) is 17.3. The minimum Gasteiger partial charge on any atom is -0.355 e. The second-order valence-electron chi connectivity index (χ2n) is 13.0. The summed E-state index contributed by atoms with van der Waals surface area (Å²) in [6.07, 6.45) is 2.61. The van der Waals surface area contributed by atoms with Gasteiger partial charge in [0, 0.05) is 62.7 Å². The van der Waals surface area contributed by atoms with Crippen molar-refractivity contribution in [2.45, 2.75) is 25.2 Å². The van der Waals surface area contributed by atoms with E-state index in [9.17, 15) is 0 Å². The normalized spacial score (nSPS) is 13.8. The number of nitrogens with one attached hydrogen (secondary N) is 2. The van der Waals surface area contributed by atoms with Crippen LogP contribution in [0.5, 0.6) is 0 Å². The van der Waals surface area contributed by atoms with Crippen molar-refractivity contribution in [1.29, 1.82) is 0 Å². The van der Waals surface area contributed by atoms with E-state index in [0.717, 1.165) is 86.4 Å². The maximum atomic E-state index is 8.81. The van der Waals surface area contributed by atoms with Crippen LogP contribution in [0.25, 0.3) is 55.4 Å². The average Bonchev–Trinajstić information content (AvgIpc) is 3.97. The van der Waals surface area contributed by atoms with Gasteiger partial charge in [0.25, 0.3) is 0 Å². The number of hydrogen-bond acceptors (Lipinski definition) is 4. The van der Waals surface area contributed by atoms with Gasteiger partial charge in [0.2, 0.25) is 0 Å². The van der Waals surface area contributed by atoms with Crippen LogP contribution in [0.3, 0.4) is 0 Å². The summed E-state index contributed by atoms with van der Waals surface area (Å²) < 4.78 is 17.6. The summed E-state index contributed by atoms with van der Waals surface area (Å²) in [6.45, 7) is 0. The predicted molar refractivity (Wildman–Crippen MR) is 211 cm³/mol. The van der Waals surface area contributed by atoms with Gasteiger partial charge in [0.05, 0.1) is 11.2 Å². The lowest BCUT2D eigenvalue weighted by molar-refractivity contribution is 0.616. The highest BCUT2D eigenvalue weighted by Crippen LogP contribution is 2.46. The van der Waals surface area contributed by atoms with Gasteiger partial charge in [-0.3, -0.25) is 9.97 Å². The highest BCUT2D eigenvalue weighted by atomic mass is 32.2. The first-order chi connectivity index (χ1) is 25.5. The van der Waals surface area contributed by atoms with E-state index < -0.39 is 10.9 Å². The molecule has 7 aromatic rings. The van der Waals surface area contributed by atoms with Crippen molar-refractivity contribution in [2.75, 3.05) is 0 Å². The summed E-state index contributed by atoms with van der Waals surface area (Å²) >= 11 is 0. The molecule has 52 heavy (non-hydrogen) atoms. The van der Waals surface area contributed by atoms with Crippen molar-refractivity contribution in [3.8, 4) is 33.4 Å². The second kappa shape index (κ2) is 14.6. The van der Waals surface area contributed by atoms with Crippen molar-refractivity contribution >= 4 is 33.0 Å². The molecule has 8 bridgehead atoms. The van der Waals surface area contributed by atoms with E-state index in [2.05, 4.69) is 167 Å². The van der Waals surface area contributed by atoms with E-state index in [1.807, 2.05) is 0 Å². The Bertz CT molecular complexity index is 2590. The van der Waals surface area contributed by atoms with Crippen molar-refractivity contribution in [3.05, 3.63) is 180 Å². The van der Waals surface area contributed by atoms with E-state index in [-0.39, 0.29) is 5.92 Å². The highest BCUT2D eigenvalue weighted by Gasteiger charge is 2.28. The van der Waals surface area contributed by atoms with Crippen molar-refractivity contribution in [2.24, 2.45) is 5.14 Å². The van der Waals surface area contributed by atoms with E-state index >= 15 is 0 Å². The van der Waals surface area contributed by atoms with Gasteiger partial charge in [-0.25, -0.2) is 13.6 Å². The van der Waals surface area contributed by atoms with Gasteiger partial charge in [-0.1, -0.05) is 121 Å². The third-order valence-electron chi connectivity index (χ3n) is 9.54. The number of nitrogens with two attached hydrogens (primary N) is 1. The third-order valence-corrected chi connectivity index (χ3v) is 9.54. The van der Waals surface area contributed by atoms with Crippen LogP contribution in [-0.4, -0.2) is 28.4 Å². The fraction of sp³-hybridized carbons (Fsp3) is 0.0909. The molecule has 256 valence electrons. The van der Waals surface area contributed by atoms with E-state index in [4.69, 9.17) is 18.4 Å². The maximum absolute atomic E-state index is 8.81. The zero-order chi connectivity index (χ0) is 35.4. The van der Waals surface area contributed by atoms with Crippen LogP contribution < -0.4 is 5.14 Å². The third kappa shape index (κ3) is 6.94. The first kappa shape index (κ1) is 33.1. The molecule has 0 amide bonds. The number of aryl methyl sites for hydroxylation is 2. The molecule has 3 aromatic heterocycles. The fourth-order valence-corrected chi connectivity index (χ4v) is 7.39. The molecule has 0 aliphatic carbocycles. The number of fused-ring (bicyclic) bond motifs is 8. The van der Waals surface area contributed by atoms with Crippen LogP contribution in [0.15, 0.2) is 152 Å². The number of aromatic amines is 2. The Hall–Kier alpha value is -6.09. The molecular formula is C44H37N5O2S. The van der Waals surface area contributed by atoms with E-state index in [1.54, 1.807) is 0 Å². The van der Waals surface area contributed by atoms with Crippen LogP contribution in [0.2, 0.25) is 0 Å². The summed E-state index contributed by atoms with van der Waals surface area (Å²) in [5.41, 5.74) is 16.7. The lowest BCUT2D eigenvalue weighted by Crippen LogP contribution is -2.01. The minimum absolute atomic E-state index is 0.0832. The number of H-pyrrole nitrogens is 2. The number of rotatable bonds is 4. The monoisotopic (exact) mass is 699 g/mol. The summed E-state index contributed by atoms with van der Waals surface area (Å²) in [5.74, 6) is 0.0832. The first-order valence-corrected chi connectivity index (χ1v) is 18.6. The topological polar surface area (TPSA) is 118 Å². The van der Waals surface area contributed by atoms with Crippen molar-refractivity contribution < 1.29 is 8.42 Å². The number of aromatic nitrogens is 4. The standard InChI is InChI=1S/C44H34N4.H3NO2S/c1-5-13-29(14-6-1)38-27-37-26-35-22-21-33(45-35)25-34-23-24-36(46-34)28-39-40(30-15-7-2-8-16-30)41(31-17-9-3-10-18-31)44(48-39)42(43(38)47-37)32-19-11-4-12-20-32;1-4(2)3/h1-22,25-26,28,38,45,48H,23-24,27H2;4H,(H2,1,2,3). The zero-order valence-corrected chi connectivity index (χ0v) is 29.3. The SMILES string of the molecule is N[SH](=O)=O.c1ccc(-c2c(-c3ccccc3)c3[nH]c2cc2nc(cc4ccc(cc5nc(c3-c3ccccc3)C(c3ccccc3)C5)[nH]4)CC2)cc1. The number of nitrogens with zero attached hydrogens (tertiary/aromatic N) is 2. The maximum Gasteiger partial charge on any atom is 0.198 e. The molecule has 0 fully saturated rings. The molecule has 1 unspecified atom stereocenters. The van der Waals surface area contributed by atoms with E-state index in [0.29, 0.717) is 0 Å². The molecule has 0 radical (unpaired) electrons. The number of benzene rings is 4. The van der Waals surface area contributed by atoms with Gasteiger partial charge >= 0.3 is 0 Å². The van der Waals surface area contributed by atoms with Gasteiger partial charge in [0.1, 0.15) is 0 Å². The van der Waals surface area contributed by atoms with Gasteiger partial charge < -0.3 is 9.97 Å². The van der Waals surface area contributed by atoms with Crippen molar-refractivity contribution in [1.82, 2.24) is 19.9 Å². The molecule has 8 heteroatoms. The van der Waals surface area contributed by atoms with Crippen LogP contribution in [0.1, 0.15) is 34.3 Å². The minimum atomic E-state index is -2.62. The number of thiol groups is 1. The fourth-order valence-electron chi connectivity index (χ4n) is 7.39. The smallest absolute Gasteiger partial charge is 0.198 e. The Morgan fingerprint density at radius 2 is 1.02 bits per heavy atom. The molecule has 5 heterocycles. The predicted octanol–water partition coefficient (Wildman–Crippen LogP) is 8.95. The average molecular weight is 700 g/mol. The van der Waals surface area contributed by atoms with Gasteiger partial charge in [-0.2, -0.15) is 0 Å². The lowest BCUT2D eigenvalue weighted by Gasteiger charge is -2.15. The molecule has 2 aliphatic heterocycles. The van der Waals surface area contributed by atoms with Crippen molar-refractivity contribution in [3.63, 3.8) is 0 Å². The van der Waals surface area contributed by atoms with Crippen LogP contribution in [0, 0.1) is 0 Å². The zero-order valence-electron chi connectivity index (χ0n) is 28.4. The Morgan fingerprint density at radius 1 is 0.538 bits per heavy atom. The molecule has 9 rings (SSSR count). The Kier molecular flexibility index (Phi) is 9.31. The van der Waals surface area contributed by atoms with Gasteiger partial charge in [-0.15, -0.1) is 0 Å². The Balaban J connectivity index is 0.000000922. The molecule has 0 saturated carbocycles. The Labute approximate surface area is 304 Å². The molecule has 0 spiro atoms. The molecule has 4 N–H and O–H groups in total. The van der Waals surface area contributed by atoms with Gasteiger partial charge in [-0.05, 0) is 65.4 Å². The quantitative estimate of drug-likeness (QED) is 0.137. The molecule has 4 aromatic carbocycles. The second-order valence-corrected chi connectivity index (χ2v) is 13.5. The molecule has 1 atom stereocenters. The summed E-state index contributed by atoms with van der Waals surface area (Å²) in [5, 5.41) is 4.06. The van der Waals surface area contributed by atoms with Crippen LogP contribution in [-0.2, 0) is 30.2 Å². The summed E-state index contributed by atoms with van der Waals surface area (Å²) in [7, 11) is -2.62. The largest absolute Gasteiger partial charge is 0.355 e. The highest BCUT2D eigenvalue weighted by molar-refractivity contribution is 7.69. The molecule has 7 nitrogen and oxygen atoms in total.